The first kappa shape index (κ1) is 19.5. The van der Waals surface area contributed by atoms with Gasteiger partial charge in [0.2, 0.25) is 5.16 Å². The lowest BCUT2D eigenvalue weighted by atomic mass is 10.2. The van der Waals surface area contributed by atoms with Crippen LogP contribution in [0.25, 0.3) is 17.5 Å². The second kappa shape index (κ2) is 9.08. The summed E-state index contributed by atoms with van der Waals surface area (Å²) in [5.41, 5.74) is 1.40. The lowest BCUT2D eigenvalue weighted by molar-refractivity contribution is -0.297. The maximum absolute atomic E-state index is 11.5. The Labute approximate surface area is 169 Å². The number of aromatic nitrogens is 3. The third-order valence-corrected chi connectivity index (χ3v) is 4.59. The maximum Gasteiger partial charge on any atom is 0.213 e. The monoisotopic (exact) mass is 411 g/mol. The Morgan fingerprint density at radius 3 is 2.61 bits per heavy atom. The number of rotatable bonds is 7. The van der Waals surface area contributed by atoms with E-state index in [9.17, 15) is 9.90 Å². The number of aliphatic carboxylic acids is 1. The molecule has 0 aliphatic carbocycles. The van der Waals surface area contributed by atoms with Crippen LogP contribution in [-0.2, 0) is 4.79 Å². The van der Waals surface area contributed by atoms with E-state index in [1.807, 2.05) is 6.07 Å². The number of ether oxygens (including phenoxy) is 1. The van der Waals surface area contributed by atoms with Crippen molar-refractivity contribution in [1.82, 2.24) is 15.2 Å². The molecule has 0 fully saturated rings. The fourth-order valence-electron chi connectivity index (χ4n) is 2.18. The zero-order valence-corrected chi connectivity index (χ0v) is 15.8. The van der Waals surface area contributed by atoms with E-state index in [0.29, 0.717) is 22.2 Å². The molecule has 28 heavy (non-hydrogen) atoms. The van der Waals surface area contributed by atoms with Crippen LogP contribution in [0.2, 0.25) is 5.02 Å². The Morgan fingerprint density at radius 1 is 1.25 bits per heavy atom. The average molecular weight is 412 g/mol. The summed E-state index contributed by atoms with van der Waals surface area (Å²) in [5.74, 6) is -0.327. The number of nitrogens with zero attached hydrogens (tertiary/aromatic N) is 3. The van der Waals surface area contributed by atoms with Gasteiger partial charge in [0.05, 0.1) is 5.97 Å². The largest absolute Gasteiger partial charge is 0.544 e. The first-order valence-electron chi connectivity index (χ1n) is 7.94. The lowest BCUT2D eigenvalue weighted by Gasteiger charge is -2.06. The molecule has 1 N–H and O–H groups in total. The predicted octanol–water partition coefficient (Wildman–Crippen LogP) is 2.91. The van der Waals surface area contributed by atoms with Gasteiger partial charge in [-0.3, -0.25) is 5.10 Å². The van der Waals surface area contributed by atoms with E-state index in [1.54, 1.807) is 48.5 Å². The fourth-order valence-corrected chi connectivity index (χ4v) is 3.01. The van der Waals surface area contributed by atoms with Gasteiger partial charge in [0.15, 0.2) is 12.4 Å². The minimum absolute atomic E-state index is 0.0488. The van der Waals surface area contributed by atoms with Crippen molar-refractivity contribution in [2.75, 3.05) is 6.61 Å². The van der Waals surface area contributed by atoms with Crippen molar-refractivity contribution in [3.8, 4) is 23.2 Å². The molecule has 0 saturated carbocycles. The Balaban J connectivity index is 1.76. The quantitative estimate of drug-likeness (QED) is 0.469. The summed E-state index contributed by atoms with van der Waals surface area (Å²) >= 11 is 6.74. The third-order valence-electron chi connectivity index (χ3n) is 3.47. The van der Waals surface area contributed by atoms with Gasteiger partial charge < -0.3 is 14.6 Å². The van der Waals surface area contributed by atoms with E-state index < -0.39 is 5.97 Å². The topological polar surface area (TPSA) is 115 Å². The first-order chi connectivity index (χ1) is 13.5. The van der Waals surface area contributed by atoms with Gasteiger partial charge in [0.1, 0.15) is 11.8 Å². The van der Waals surface area contributed by atoms with Crippen LogP contribution in [0, 0.1) is 11.3 Å². The molecule has 0 unspecified atom stereocenters. The summed E-state index contributed by atoms with van der Waals surface area (Å²) in [6.45, 7) is -0.0594. The Kier molecular flexibility index (Phi) is 6.32. The highest BCUT2D eigenvalue weighted by atomic mass is 35.5. The maximum atomic E-state index is 11.5. The molecule has 0 aliphatic rings. The van der Waals surface area contributed by atoms with Gasteiger partial charge in [-0.1, -0.05) is 23.7 Å². The van der Waals surface area contributed by atoms with Gasteiger partial charge in [-0.25, -0.2) is 4.98 Å². The number of aromatic amines is 1. The number of carbonyl (C=O) groups excluding carboxylic acids is 1. The number of hydrogen-bond acceptors (Lipinski definition) is 7. The van der Waals surface area contributed by atoms with E-state index in [2.05, 4.69) is 15.2 Å². The number of nitrogens with one attached hydrogen (secondary N) is 1. The standard InChI is InChI=1S/C19H13ClN4O3S/c20-14-5-3-13(4-6-14)17-22-19(24-23-17)28-16(18(25)26)11-12-1-7-15(8-2-12)27-10-9-21/h1-8,11H,10H2,(H,25,26)(H,22,23,24)/p-1/b16-11-. The molecule has 2 aromatic carbocycles. The SMILES string of the molecule is N#CCOc1ccc(/C=C(\Sc2n[nH]c(-c3ccc(Cl)cc3)n2)C(=O)[O-])cc1. The zero-order chi connectivity index (χ0) is 19.9. The number of carboxylic acids is 1. The van der Waals surface area contributed by atoms with Gasteiger partial charge in [-0.05, 0) is 59.8 Å². The number of hydrogen-bond donors (Lipinski definition) is 1. The normalized spacial score (nSPS) is 11.1. The summed E-state index contributed by atoms with van der Waals surface area (Å²) in [5, 5.41) is 27.7. The van der Waals surface area contributed by atoms with Crippen LogP contribution in [0.3, 0.4) is 0 Å². The molecular weight excluding hydrogens is 400 g/mol. The van der Waals surface area contributed by atoms with Gasteiger partial charge >= 0.3 is 0 Å². The smallest absolute Gasteiger partial charge is 0.213 e. The summed E-state index contributed by atoms with van der Waals surface area (Å²) in [6, 6.07) is 15.5. The molecule has 0 spiro atoms. The van der Waals surface area contributed by atoms with Gasteiger partial charge in [0, 0.05) is 15.5 Å². The van der Waals surface area contributed by atoms with E-state index in [4.69, 9.17) is 21.6 Å². The molecular formula is C19H12ClN4O3S-. The van der Waals surface area contributed by atoms with Crippen molar-refractivity contribution in [2.45, 2.75) is 5.16 Å². The second-order valence-electron chi connectivity index (χ2n) is 5.39. The number of nitriles is 1. The molecule has 0 atom stereocenters. The lowest BCUT2D eigenvalue weighted by Crippen LogP contribution is -2.23. The van der Waals surface area contributed by atoms with Crippen LogP contribution >= 0.6 is 23.4 Å². The molecule has 0 amide bonds. The first-order valence-corrected chi connectivity index (χ1v) is 9.13. The molecule has 9 heteroatoms. The van der Waals surface area contributed by atoms with Crippen LogP contribution in [0.1, 0.15) is 5.56 Å². The minimum atomic E-state index is -1.34. The van der Waals surface area contributed by atoms with Crippen LogP contribution in [0.15, 0.2) is 58.6 Å². The van der Waals surface area contributed by atoms with Crippen molar-refractivity contribution in [1.29, 1.82) is 5.26 Å². The summed E-state index contributed by atoms with van der Waals surface area (Å²) in [6.07, 6.45) is 1.45. The molecule has 7 nitrogen and oxygen atoms in total. The highest BCUT2D eigenvalue weighted by Gasteiger charge is 2.10. The number of carbonyl (C=O) groups is 1. The van der Waals surface area contributed by atoms with E-state index in [1.165, 1.54) is 6.08 Å². The van der Waals surface area contributed by atoms with Crippen molar-refractivity contribution in [3.05, 3.63) is 64.0 Å². The molecule has 3 rings (SSSR count). The van der Waals surface area contributed by atoms with Crippen molar-refractivity contribution in [3.63, 3.8) is 0 Å². The minimum Gasteiger partial charge on any atom is -0.544 e. The predicted molar refractivity (Wildman–Crippen MR) is 103 cm³/mol. The van der Waals surface area contributed by atoms with Gasteiger partial charge in [-0.2, -0.15) is 5.26 Å². The molecule has 0 saturated heterocycles. The number of benzene rings is 2. The molecule has 1 aromatic heterocycles. The molecule has 0 aliphatic heterocycles. The van der Waals surface area contributed by atoms with E-state index >= 15 is 0 Å². The van der Waals surface area contributed by atoms with Crippen LogP contribution in [0.5, 0.6) is 5.75 Å². The fraction of sp³-hybridized carbons (Fsp3) is 0.0526. The number of H-pyrrole nitrogens is 1. The Morgan fingerprint density at radius 2 is 1.96 bits per heavy atom. The Hall–Kier alpha value is -3.28. The number of halogens is 1. The van der Waals surface area contributed by atoms with Crippen molar-refractivity contribution in [2.24, 2.45) is 0 Å². The summed E-state index contributed by atoms with van der Waals surface area (Å²) in [7, 11) is 0. The zero-order valence-electron chi connectivity index (χ0n) is 14.3. The molecule has 140 valence electrons. The average Bonchev–Trinajstić information content (AvgIpc) is 3.16. The van der Waals surface area contributed by atoms with Gasteiger partial charge in [-0.15, -0.1) is 5.10 Å². The summed E-state index contributed by atoms with van der Waals surface area (Å²) < 4.78 is 5.16. The highest BCUT2D eigenvalue weighted by Crippen LogP contribution is 2.27. The molecule has 3 aromatic rings. The molecule has 1 heterocycles. The van der Waals surface area contributed by atoms with Crippen molar-refractivity contribution >= 4 is 35.4 Å². The van der Waals surface area contributed by atoms with E-state index in [-0.39, 0.29) is 16.7 Å². The van der Waals surface area contributed by atoms with Crippen LogP contribution in [-0.4, -0.2) is 27.8 Å². The molecule has 0 radical (unpaired) electrons. The number of thioether (sulfide) groups is 1. The second-order valence-corrected chi connectivity index (χ2v) is 6.83. The van der Waals surface area contributed by atoms with Gasteiger partial charge in [0.25, 0.3) is 0 Å². The third kappa shape index (κ3) is 5.13. The Bertz CT molecular complexity index is 1040. The van der Waals surface area contributed by atoms with Crippen LogP contribution < -0.4 is 9.84 Å². The van der Waals surface area contributed by atoms with Crippen LogP contribution in [0.4, 0.5) is 0 Å². The molecule has 0 bridgehead atoms. The summed E-state index contributed by atoms with van der Waals surface area (Å²) in [4.78, 5) is 15.7. The van der Waals surface area contributed by atoms with E-state index in [0.717, 1.165) is 17.3 Å². The van der Waals surface area contributed by atoms with Crippen molar-refractivity contribution < 1.29 is 14.6 Å². The highest BCUT2D eigenvalue weighted by molar-refractivity contribution is 8.04. The number of carboxylic acid groups (broad SMARTS) is 1.